The Hall–Kier alpha value is -0.520. The van der Waals surface area contributed by atoms with Crippen molar-refractivity contribution in [1.82, 2.24) is 0 Å². The van der Waals surface area contributed by atoms with Crippen molar-refractivity contribution in [3.63, 3.8) is 0 Å². The average Bonchev–Trinajstić information content (AvgIpc) is 2.01. The maximum atomic E-state index is 2.38. The molecule has 0 aromatic rings. The van der Waals surface area contributed by atoms with Crippen LogP contribution in [-0.2, 0) is 0 Å². The molecule has 0 fully saturated rings. The Kier molecular flexibility index (Phi) is 2.94. The summed E-state index contributed by atoms with van der Waals surface area (Å²) in [6, 6.07) is 0. The van der Waals surface area contributed by atoms with Gasteiger partial charge in [-0.25, -0.2) is 0 Å². The molecule has 1 rings (SSSR count). The summed E-state index contributed by atoms with van der Waals surface area (Å²) in [5, 5.41) is 0. The Bertz CT molecular complexity index is 233. The van der Waals surface area contributed by atoms with E-state index < -0.39 is 0 Å². The summed E-state index contributed by atoms with van der Waals surface area (Å²) in [5.41, 5.74) is 3.55. The van der Waals surface area contributed by atoms with Crippen LogP contribution >= 0.6 is 0 Å². The number of hydrogen-bond donors (Lipinski definition) is 0. The molecule has 14 heavy (non-hydrogen) atoms. The second kappa shape index (κ2) is 3.56. The molecule has 0 heterocycles. The Balaban J connectivity index is 3.06. The van der Waals surface area contributed by atoms with Crippen molar-refractivity contribution < 1.29 is 0 Å². The van der Waals surface area contributed by atoms with Gasteiger partial charge < -0.3 is 0 Å². The van der Waals surface area contributed by atoms with Crippen molar-refractivity contribution in [3.05, 3.63) is 29.7 Å². The number of hydrogen-bond acceptors (Lipinski definition) is 0. The zero-order valence-corrected chi connectivity index (χ0v) is 10.4. The third-order valence-corrected chi connectivity index (χ3v) is 2.65. The van der Waals surface area contributed by atoms with E-state index in [-0.39, 0.29) is 10.8 Å². The lowest BCUT2D eigenvalue weighted by molar-refractivity contribution is 0.442. The zero-order chi connectivity index (χ0) is 11.0. The molecule has 0 aromatic heterocycles. The summed E-state index contributed by atoms with van der Waals surface area (Å²) >= 11 is 0. The minimum atomic E-state index is 0.260. The Morgan fingerprint density at radius 1 is 0.857 bits per heavy atom. The highest BCUT2D eigenvalue weighted by atomic mass is 14.3. The van der Waals surface area contributed by atoms with Gasteiger partial charge in [0.15, 0.2) is 0 Å². The standard InChI is InChI=1S/C14H23/c1-13(2,3)11-9-7-8-10-12(11)14(4,5)6/h7,9-10H,8H2,1-6H3. The van der Waals surface area contributed by atoms with Crippen LogP contribution in [0, 0.1) is 17.3 Å². The van der Waals surface area contributed by atoms with E-state index in [1.807, 2.05) is 0 Å². The summed E-state index contributed by atoms with van der Waals surface area (Å²) in [5.74, 6) is 0. The number of rotatable bonds is 0. The van der Waals surface area contributed by atoms with Crippen LogP contribution in [0.3, 0.4) is 0 Å². The molecule has 0 atom stereocenters. The first-order valence-corrected chi connectivity index (χ1v) is 5.48. The predicted octanol–water partition coefficient (Wildman–Crippen LogP) is 4.54. The van der Waals surface area contributed by atoms with E-state index >= 15 is 0 Å². The lowest BCUT2D eigenvalue weighted by Gasteiger charge is -2.35. The maximum absolute atomic E-state index is 2.38. The molecule has 0 N–H and O–H groups in total. The molecule has 1 radical (unpaired) electrons. The SMILES string of the molecule is CC(C)(C)C1=C[CH]CC=C1C(C)(C)C. The van der Waals surface area contributed by atoms with Gasteiger partial charge in [-0.2, -0.15) is 0 Å². The van der Waals surface area contributed by atoms with Crippen molar-refractivity contribution in [3.8, 4) is 0 Å². The van der Waals surface area contributed by atoms with E-state index in [0.29, 0.717) is 0 Å². The molecule has 1 aliphatic rings. The van der Waals surface area contributed by atoms with Crippen molar-refractivity contribution in [2.45, 2.75) is 48.0 Å². The monoisotopic (exact) mass is 191 g/mol. The fraction of sp³-hybridized carbons (Fsp3) is 0.643. The molecular formula is C14H23. The van der Waals surface area contributed by atoms with Gasteiger partial charge in [-0.05, 0) is 34.8 Å². The first-order chi connectivity index (χ1) is 6.23. The van der Waals surface area contributed by atoms with Crippen LogP contribution in [0.25, 0.3) is 0 Å². The van der Waals surface area contributed by atoms with Gasteiger partial charge in [-0.1, -0.05) is 53.7 Å². The molecule has 0 saturated heterocycles. The van der Waals surface area contributed by atoms with Crippen LogP contribution in [-0.4, -0.2) is 0 Å². The molecule has 0 aromatic carbocycles. The molecule has 1 aliphatic carbocycles. The van der Waals surface area contributed by atoms with Gasteiger partial charge in [0.05, 0.1) is 0 Å². The van der Waals surface area contributed by atoms with Gasteiger partial charge in [0.25, 0.3) is 0 Å². The Morgan fingerprint density at radius 2 is 1.36 bits per heavy atom. The van der Waals surface area contributed by atoms with E-state index in [0.717, 1.165) is 6.42 Å². The predicted molar refractivity (Wildman–Crippen MR) is 64.0 cm³/mol. The van der Waals surface area contributed by atoms with Crippen LogP contribution in [0.2, 0.25) is 0 Å². The van der Waals surface area contributed by atoms with Gasteiger partial charge in [0.2, 0.25) is 0 Å². The van der Waals surface area contributed by atoms with Gasteiger partial charge in [-0.3, -0.25) is 0 Å². The van der Waals surface area contributed by atoms with E-state index in [9.17, 15) is 0 Å². The summed E-state index contributed by atoms with van der Waals surface area (Å²) < 4.78 is 0. The molecule has 79 valence electrons. The van der Waals surface area contributed by atoms with E-state index in [1.165, 1.54) is 11.1 Å². The Morgan fingerprint density at radius 3 is 1.71 bits per heavy atom. The fourth-order valence-electron chi connectivity index (χ4n) is 1.94. The van der Waals surface area contributed by atoms with Gasteiger partial charge >= 0.3 is 0 Å². The molecule has 0 amide bonds. The summed E-state index contributed by atoms with van der Waals surface area (Å²) in [6.07, 6.45) is 8.03. The second-order valence-corrected chi connectivity index (χ2v) is 6.17. The van der Waals surface area contributed by atoms with Crippen molar-refractivity contribution in [2.24, 2.45) is 10.8 Å². The van der Waals surface area contributed by atoms with Gasteiger partial charge in [-0.15, -0.1) is 0 Å². The van der Waals surface area contributed by atoms with Crippen LogP contribution in [0.5, 0.6) is 0 Å². The van der Waals surface area contributed by atoms with Crippen LogP contribution in [0.15, 0.2) is 23.3 Å². The summed E-state index contributed by atoms with van der Waals surface area (Å²) in [7, 11) is 0. The molecular weight excluding hydrogens is 168 g/mol. The highest BCUT2D eigenvalue weighted by molar-refractivity contribution is 5.43. The van der Waals surface area contributed by atoms with E-state index in [4.69, 9.17) is 0 Å². The van der Waals surface area contributed by atoms with Gasteiger partial charge in [0.1, 0.15) is 0 Å². The topological polar surface area (TPSA) is 0 Å². The molecule has 0 heteroatoms. The van der Waals surface area contributed by atoms with Crippen molar-refractivity contribution in [2.75, 3.05) is 0 Å². The first-order valence-electron chi connectivity index (χ1n) is 5.48. The molecule has 0 unspecified atom stereocenters. The third kappa shape index (κ3) is 2.50. The lowest BCUT2D eigenvalue weighted by atomic mass is 9.70. The highest BCUT2D eigenvalue weighted by Gasteiger charge is 2.28. The van der Waals surface area contributed by atoms with Crippen LogP contribution < -0.4 is 0 Å². The minimum absolute atomic E-state index is 0.260. The second-order valence-electron chi connectivity index (χ2n) is 6.17. The molecule has 0 aliphatic heterocycles. The van der Waals surface area contributed by atoms with Crippen molar-refractivity contribution in [1.29, 1.82) is 0 Å². The van der Waals surface area contributed by atoms with Gasteiger partial charge in [0, 0.05) is 0 Å². The third-order valence-electron chi connectivity index (χ3n) is 2.65. The quantitative estimate of drug-likeness (QED) is 0.527. The first kappa shape index (κ1) is 11.6. The molecule has 0 saturated carbocycles. The zero-order valence-electron chi connectivity index (χ0n) is 10.4. The van der Waals surface area contributed by atoms with E-state index in [2.05, 4.69) is 60.1 Å². The fourth-order valence-corrected chi connectivity index (χ4v) is 1.94. The smallest absolute Gasteiger partial charge is 0.0126 e. The molecule has 0 bridgehead atoms. The summed E-state index contributed by atoms with van der Waals surface area (Å²) in [4.78, 5) is 0. The number of allylic oxidation sites excluding steroid dienone is 4. The van der Waals surface area contributed by atoms with Crippen LogP contribution in [0.1, 0.15) is 48.0 Å². The maximum Gasteiger partial charge on any atom is -0.0126 e. The summed E-state index contributed by atoms with van der Waals surface area (Å²) in [6.45, 7) is 13.8. The highest BCUT2D eigenvalue weighted by Crippen LogP contribution is 2.42. The lowest BCUT2D eigenvalue weighted by Crippen LogP contribution is -2.21. The van der Waals surface area contributed by atoms with Crippen molar-refractivity contribution >= 4 is 0 Å². The molecule has 0 spiro atoms. The normalized spacial score (nSPS) is 19.0. The van der Waals surface area contributed by atoms with Crippen LogP contribution in [0.4, 0.5) is 0 Å². The largest absolute Gasteiger partial charge is 0.0799 e. The molecule has 0 nitrogen and oxygen atoms in total. The Labute approximate surface area is 89.1 Å². The average molecular weight is 191 g/mol. The minimum Gasteiger partial charge on any atom is -0.0799 e. The van der Waals surface area contributed by atoms with E-state index in [1.54, 1.807) is 0 Å².